The van der Waals surface area contributed by atoms with E-state index in [1.807, 2.05) is 32.5 Å². The third kappa shape index (κ3) is 4.76. The second-order valence-electron chi connectivity index (χ2n) is 6.14. The Morgan fingerprint density at radius 2 is 2.20 bits per heavy atom. The molecule has 0 aromatic carbocycles. The molecule has 112 valence electrons. The van der Waals surface area contributed by atoms with Crippen molar-refractivity contribution in [3.05, 3.63) is 16.6 Å². The van der Waals surface area contributed by atoms with Crippen LogP contribution in [0.5, 0.6) is 0 Å². The number of alkyl carbamates (subject to hydrolysis) is 1. The van der Waals surface area contributed by atoms with Gasteiger partial charge in [0, 0.05) is 29.7 Å². The first kappa shape index (κ1) is 15.3. The number of nitrogens with one attached hydrogen (secondary N) is 2. The zero-order valence-electron chi connectivity index (χ0n) is 12.3. The quantitative estimate of drug-likeness (QED) is 0.897. The van der Waals surface area contributed by atoms with E-state index in [0.717, 1.165) is 25.8 Å². The highest BCUT2D eigenvalue weighted by molar-refractivity contribution is 7.09. The van der Waals surface area contributed by atoms with Crippen molar-refractivity contribution < 1.29 is 9.53 Å². The summed E-state index contributed by atoms with van der Waals surface area (Å²) in [5, 5.41) is 6.48. The van der Waals surface area contributed by atoms with Gasteiger partial charge in [-0.25, -0.2) is 4.79 Å². The maximum absolute atomic E-state index is 11.8. The van der Waals surface area contributed by atoms with Crippen molar-refractivity contribution >= 4 is 17.4 Å². The van der Waals surface area contributed by atoms with Crippen molar-refractivity contribution in [1.29, 1.82) is 0 Å². The van der Waals surface area contributed by atoms with Crippen molar-refractivity contribution in [3.8, 4) is 0 Å². The predicted octanol–water partition coefficient (Wildman–Crippen LogP) is 2.68. The first-order valence-corrected chi connectivity index (χ1v) is 7.92. The average Bonchev–Trinajstić information content (AvgIpc) is 2.94. The predicted molar refractivity (Wildman–Crippen MR) is 79.8 cm³/mol. The summed E-state index contributed by atoms with van der Waals surface area (Å²) < 4.78 is 5.31. The van der Waals surface area contributed by atoms with Crippen molar-refractivity contribution in [2.75, 3.05) is 0 Å². The number of carbonyl (C=O) groups is 1. The van der Waals surface area contributed by atoms with Gasteiger partial charge in [0.25, 0.3) is 0 Å². The molecule has 5 nitrogen and oxygen atoms in total. The molecular weight excluding hydrogens is 274 g/mol. The molecule has 1 heterocycles. The average molecular weight is 297 g/mol. The molecule has 1 aromatic rings. The molecule has 2 rings (SSSR count). The molecule has 2 atom stereocenters. The van der Waals surface area contributed by atoms with Gasteiger partial charge in [-0.15, -0.1) is 11.3 Å². The Kier molecular flexibility index (Phi) is 4.99. The van der Waals surface area contributed by atoms with Gasteiger partial charge in [-0.05, 0) is 40.0 Å². The molecule has 6 heteroatoms. The molecule has 0 spiro atoms. The fourth-order valence-corrected chi connectivity index (χ4v) is 2.94. The summed E-state index contributed by atoms with van der Waals surface area (Å²) >= 11 is 1.64. The Balaban J connectivity index is 1.80. The van der Waals surface area contributed by atoms with Crippen LogP contribution in [0.15, 0.2) is 11.7 Å². The monoisotopic (exact) mass is 297 g/mol. The summed E-state index contributed by atoms with van der Waals surface area (Å²) in [7, 11) is 0. The number of nitrogens with zero attached hydrogens (tertiary/aromatic N) is 1. The van der Waals surface area contributed by atoms with Crippen LogP contribution < -0.4 is 10.6 Å². The minimum Gasteiger partial charge on any atom is -0.444 e. The van der Waals surface area contributed by atoms with Gasteiger partial charge >= 0.3 is 6.09 Å². The molecule has 1 fully saturated rings. The van der Waals surface area contributed by atoms with Crippen LogP contribution in [-0.4, -0.2) is 28.8 Å². The molecule has 0 saturated heterocycles. The molecule has 0 aliphatic heterocycles. The lowest BCUT2D eigenvalue weighted by atomic mass is 10.1. The summed E-state index contributed by atoms with van der Waals surface area (Å²) in [4.78, 5) is 17.1. The molecule has 0 radical (unpaired) electrons. The van der Waals surface area contributed by atoms with Gasteiger partial charge < -0.3 is 15.4 Å². The highest BCUT2D eigenvalue weighted by Gasteiger charge is 2.29. The smallest absolute Gasteiger partial charge is 0.407 e. The van der Waals surface area contributed by atoms with E-state index < -0.39 is 5.60 Å². The van der Waals surface area contributed by atoms with Gasteiger partial charge in [0.15, 0.2) is 0 Å². The van der Waals surface area contributed by atoms with E-state index in [9.17, 15) is 4.79 Å². The van der Waals surface area contributed by atoms with Crippen molar-refractivity contribution in [2.24, 2.45) is 0 Å². The molecule has 1 aliphatic carbocycles. The fourth-order valence-electron chi connectivity index (χ4n) is 2.40. The van der Waals surface area contributed by atoms with Crippen molar-refractivity contribution in [1.82, 2.24) is 15.6 Å². The van der Waals surface area contributed by atoms with Gasteiger partial charge in [0.2, 0.25) is 0 Å². The van der Waals surface area contributed by atoms with E-state index in [2.05, 4.69) is 15.6 Å². The van der Waals surface area contributed by atoms with Gasteiger partial charge in [0.1, 0.15) is 5.60 Å². The standard InChI is InChI=1S/C14H23N3O2S/c1-14(2,3)19-13(18)17-12-6-4-5-11(12)16-8-10-7-15-9-20-10/h7,9,11-12,16H,4-6,8H2,1-3H3,(H,17,18). The number of carbonyl (C=O) groups excluding carboxylic acids is 1. The number of thiazole rings is 1. The number of hydrogen-bond acceptors (Lipinski definition) is 5. The summed E-state index contributed by atoms with van der Waals surface area (Å²) in [6.07, 6.45) is 4.76. The van der Waals surface area contributed by atoms with Gasteiger partial charge in [0.05, 0.1) is 5.51 Å². The molecule has 1 aromatic heterocycles. The number of ether oxygens (including phenoxy) is 1. The van der Waals surface area contributed by atoms with Crippen LogP contribution in [0, 0.1) is 0 Å². The van der Waals surface area contributed by atoms with Gasteiger partial charge in [-0.2, -0.15) is 0 Å². The second-order valence-corrected chi connectivity index (χ2v) is 7.11. The fraction of sp³-hybridized carbons (Fsp3) is 0.714. The van der Waals surface area contributed by atoms with E-state index in [-0.39, 0.29) is 12.1 Å². The second kappa shape index (κ2) is 6.54. The minimum absolute atomic E-state index is 0.151. The summed E-state index contributed by atoms with van der Waals surface area (Å²) in [6, 6.07) is 0.461. The van der Waals surface area contributed by atoms with E-state index in [4.69, 9.17) is 4.74 Å². The lowest BCUT2D eigenvalue weighted by molar-refractivity contribution is 0.0498. The highest BCUT2D eigenvalue weighted by Crippen LogP contribution is 2.20. The molecule has 1 amide bonds. The number of amides is 1. The molecular formula is C14H23N3O2S. The minimum atomic E-state index is -0.450. The Morgan fingerprint density at radius 3 is 2.85 bits per heavy atom. The summed E-state index contributed by atoms with van der Waals surface area (Å²) in [5.41, 5.74) is 1.39. The van der Waals surface area contributed by atoms with Crippen LogP contribution in [0.25, 0.3) is 0 Å². The first-order chi connectivity index (χ1) is 9.44. The topological polar surface area (TPSA) is 63.2 Å². The molecule has 20 heavy (non-hydrogen) atoms. The lowest BCUT2D eigenvalue weighted by Crippen LogP contribution is -2.47. The van der Waals surface area contributed by atoms with Crippen LogP contribution in [0.1, 0.15) is 44.9 Å². The zero-order valence-corrected chi connectivity index (χ0v) is 13.1. The van der Waals surface area contributed by atoms with E-state index in [1.165, 1.54) is 4.88 Å². The Labute approximate surface area is 124 Å². The molecule has 2 N–H and O–H groups in total. The largest absolute Gasteiger partial charge is 0.444 e. The SMILES string of the molecule is CC(C)(C)OC(=O)NC1CCCC1NCc1cncs1. The van der Waals surface area contributed by atoms with Gasteiger partial charge in [-0.1, -0.05) is 0 Å². The summed E-state index contributed by atoms with van der Waals surface area (Å²) in [5.74, 6) is 0. The maximum atomic E-state index is 11.8. The van der Waals surface area contributed by atoms with Crippen LogP contribution in [0.2, 0.25) is 0 Å². The van der Waals surface area contributed by atoms with E-state index >= 15 is 0 Å². The number of rotatable bonds is 4. The van der Waals surface area contributed by atoms with Gasteiger partial charge in [-0.3, -0.25) is 4.98 Å². The molecule has 2 unspecified atom stereocenters. The molecule has 1 saturated carbocycles. The number of aromatic nitrogens is 1. The van der Waals surface area contributed by atoms with E-state index in [1.54, 1.807) is 11.3 Å². The Morgan fingerprint density at radius 1 is 1.45 bits per heavy atom. The van der Waals surface area contributed by atoms with E-state index in [0.29, 0.717) is 6.04 Å². The van der Waals surface area contributed by atoms with Crippen molar-refractivity contribution in [3.63, 3.8) is 0 Å². The zero-order chi connectivity index (χ0) is 14.6. The highest BCUT2D eigenvalue weighted by atomic mass is 32.1. The lowest BCUT2D eigenvalue weighted by Gasteiger charge is -2.25. The Hall–Kier alpha value is -1.14. The first-order valence-electron chi connectivity index (χ1n) is 7.04. The number of hydrogen-bond donors (Lipinski definition) is 2. The van der Waals surface area contributed by atoms with Crippen LogP contribution in [-0.2, 0) is 11.3 Å². The Bertz CT molecular complexity index is 428. The third-order valence-corrected chi connectivity index (χ3v) is 4.02. The van der Waals surface area contributed by atoms with Crippen LogP contribution >= 0.6 is 11.3 Å². The third-order valence-electron chi connectivity index (χ3n) is 3.24. The molecule has 0 bridgehead atoms. The normalized spacial score (nSPS) is 22.8. The maximum Gasteiger partial charge on any atom is 0.407 e. The summed E-state index contributed by atoms with van der Waals surface area (Å²) in [6.45, 7) is 6.43. The van der Waals surface area contributed by atoms with Crippen LogP contribution in [0.4, 0.5) is 4.79 Å². The molecule has 1 aliphatic rings. The van der Waals surface area contributed by atoms with Crippen molar-refractivity contribution in [2.45, 2.75) is 64.3 Å². The van der Waals surface area contributed by atoms with Crippen LogP contribution in [0.3, 0.4) is 0 Å².